The fourth-order valence-corrected chi connectivity index (χ4v) is 2.76. The van der Waals surface area contributed by atoms with Crippen LogP contribution in [-0.4, -0.2) is 21.8 Å². The number of amides is 1. The molecule has 0 atom stereocenters. The molecule has 0 saturated carbocycles. The Balaban J connectivity index is 1.50. The fourth-order valence-electron chi connectivity index (χ4n) is 1.89. The van der Waals surface area contributed by atoms with Gasteiger partial charge in [0.05, 0.1) is 5.75 Å². The van der Waals surface area contributed by atoms with Crippen molar-refractivity contribution in [2.24, 2.45) is 0 Å². The predicted molar refractivity (Wildman–Crippen MR) is 95.5 cm³/mol. The fraction of sp³-hybridized carbons (Fsp3) is 0.0625. The second kappa shape index (κ2) is 7.26. The highest BCUT2D eigenvalue weighted by molar-refractivity contribution is 7.99. The normalized spacial score (nSPS) is 10.4. The number of thioether (sulfide) groups is 1. The predicted octanol–water partition coefficient (Wildman–Crippen LogP) is 3.43. The van der Waals surface area contributed by atoms with E-state index in [-0.39, 0.29) is 16.8 Å². The molecule has 7 heteroatoms. The number of aromatic nitrogens is 1. The Kier molecular flexibility index (Phi) is 4.89. The van der Waals surface area contributed by atoms with Crippen LogP contribution in [-0.2, 0) is 4.79 Å². The summed E-state index contributed by atoms with van der Waals surface area (Å²) in [5.41, 5.74) is 2.30. The van der Waals surface area contributed by atoms with Crippen molar-refractivity contribution >= 4 is 51.8 Å². The van der Waals surface area contributed by atoms with Gasteiger partial charge in [-0.25, -0.2) is 4.98 Å². The lowest BCUT2D eigenvalue weighted by atomic mass is 10.3. The first-order chi connectivity index (χ1) is 11.2. The summed E-state index contributed by atoms with van der Waals surface area (Å²) in [5.74, 6) is -0.0469. The van der Waals surface area contributed by atoms with E-state index in [9.17, 15) is 4.79 Å². The Morgan fingerprint density at radius 3 is 2.65 bits per heavy atom. The summed E-state index contributed by atoms with van der Waals surface area (Å²) in [6.07, 6.45) is 0. The van der Waals surface area contributed by atoms with Crippen molar-refractivity contribution in [3.8, 4) is 0 Å². The molecule has 1 aromatic heterocycles. The summed E-state index contributed by atoms with van der Waals surface area (Å²) in [6.45, 7) is 0. The lowest BCUT2D eigenvalue weighted by molar-refractivity contribution is -0.117. The van der Waals surface area contributed by atoms with Gasteiger partial charge in [0.15, 0.2) is 10.7 Å². The van der Waals surface area contributed by atoms with Gasteiger partial charge in [-0.05, 0) is 36.5 Å². The first-order valence-electron chi connectivity index (χ1n) is 6.85. The molecule has 0 fully saturated rings. The van der Waals surface area contributed by atoms with Gasteiger partial charge < -0.3 is 15.1 Å². The molecule has 0 bridgehead atoms. The Morgan fingerprint density at radius 2 is 1.87 bits per heavy atom. The third-order valence-corrected chi connectivity index (χ3v) is 3.92. The van der Waals surface area contributed by atoms with E-state index >= 15 is 0 Å². The van der Waals surface area contributed by atoms with Crippen LogP contribution in [0.15, 0.2) is 64.2 Å². The summed E-state index contributed by atoms with van der Waals surface area (Å²) in [4.78, 5) is 16.2. The van der Waals surface area contributed by atoms with E-state index in [1.54, 1.807) is 0 Å². The largest absolute Gasteiger partial charge is 0.431 e. The molecule has 3 rings (SSSR count). The number of nitrogens with zero attached hydrogens (tertiary/aromatic N) is 1. The first kappa shape index (κ1) is 15.5. The summed E-state index contributed by atoms with van der Waals surface area (Å²) in [5, 5.41) is 6.29. The van der Waals surface area contributed by atoms with E-state index in [1.165, 1.54) is 11.8 Å². The van der Waals surface area contributed by atoms with Gasteiger partial charge in [-0.15, -0.1) is 0 Å². The van der Waals surface area contributed by atoms with E-state index in [0.29, 0.717) is 10.8 Å². The molecular formula is C16H13N3O2S2. The number of para-hydroxylation sites is 3. The van der Waals surface area contributed by atoms with Crippen LogP contribution >= 0.6 is 24.0 Å². The number of carbonyl (C=O) groups is 1. The Hall–Kier alpha value is -2.38. The Labute approximate surface area is 142 Å². The van der Waals surface area contributed by atoms with E-state index in [0.717, 1.165) is 11.2 Å². The number of oxazole rings is 1. The maximum atomic E-state index is 11.9. The first-order valence-corrected chi connectivity index (χ1v) is 8.24. The van der Waals surface area contributed by atoms with Gasteiger partial charge in [-0.1, -0.05) is 42.1 Å². The SMILES string of the molecule is O=C(CSc1nc2ccccc2o1)NC(=S)Nc1ccccc1. The Morgan fingerprint density at radius 1 is 1.13 bits per heavy atom. The number of rotatable bonds is 4. The molecule has 2 N–H and O–H groups in total. The average molecular weight is 343 g/mol. The standard InChI is InChI=1S/C16H13N3O2S2/c20-14(19-15(22)17-11-6-2-1-3-7-11)10-23-16-18-12-8-4-5-9-13(12)21-16/h1-9H,10H2,(H2,17,19,20,22). The van der Waals surface area contributed by atoms with Crippen molar-refractivity contribution in [1.29, 1.82) is 0 Å². The highest BCUT2D eigenvalue weighted by Crippen LogP contribution is 2.22. The topological polar surface area (TPSA) is 67.2 Å². The van der Waals surface area contributed by atoms with Crippen LogP contribution in [0.4, 0.5) is 5.69 Å². The number of fused-ring (bicyclic) bond motifs is 1. The van der Waals surface area contributed by atoms with Gasteiger partial charge in [0.2, 0.25) is 5.91 Å². The second-order valence-electron chi connectivity index (χ2n) is 4.60. The van der Waals surface area contributed by atoms with Gasteiger partial charge >= 0.3 is 0 Å². The zero-order valence-corrected chi connectivity index (χ0v) is 13.6. The zero-order chi connectivity index (χ0) is 16.1. The van der Waals surface area contributed by atoms with Crippen LogP contribution in [0.2, 0.25) is 0 Å². The number of anilines is 1. The highest BCUT2D eigenvalue weighted by atomic mass is 32.2. The minimum atomic E-state index is -0.217. The molecule has 0 unspecified atom stereocenters. The summed E-state index contributed by atoms with van der Waals surface area (Å²) < 4.78 is 5.54. The second-order valence-corrected chi connectivity index (χ2v) is 5.94. The lowest BCUT2D eigenvalue weighted by Gasteiger charge is -2.08. The average Bonchev–Trinajstić information content (AvgIpc) is 2.96. The number of hydrogen-bond donors (Lipinski definition) is 2. The molecule has 3 aromatic rings. The smallest absolute Gasteiger partial charge is 0.257 e. The molecule has 23 heavy (non-hydrogen) atoms. The van der Waals surface area contributed by atoms with Crippen molar-refractivity contribution < 1.29 is 9.21 Å². The molecule has 5 nitrogen and oxygen atoms in total. The minimum Gasteiger partial charge on any atom is -0.431 e. The number of thiocarbonyl (C=S) groups is 1. The third-order valence-electron chi connectivity index (χ3n) is 2.89. The molecule has 116 valence electrons. The maximum absolute atomic E-state index is 11.9. The van der Waals surface area contributed by atoms with Crippen LogP contribution in [0, 0.1) is 0 Å². The summed E-state index contributed by atoms with van der Waals surface area (Å²) in [6, 6.07) is 16.9. The van der Waals surface area contributed by atoms with Crippen molar-refractivity contribution in [1.82, 2.24) is 10.3 Å². The number of hydrogen-bond acceptors (Lipinski definition) is 5. The van der Waals surface area contributed by atoms with E-state index < -0.39 is 0 Å². The van der Waals surface area contributed by atoms with Gasteiger partial charge in [-0.2, -0.15) is 0 Å². The van der Waals surface area contributed by atoms with Crippen molar-refractivity contribution in [2.75, 3.05) is 11.1 Å². The van der Waals surface area contributed by atoms with Gasteiger partial charge in [0, 0.05) is 5.69 Å². The van der Waals surface area contributed by atoms with Crippen molar-refractivity contribution in [3.63, 3.8) is 0 Å². The maximum Gasteiger partial charge on any atom is 0.257 e. The van der Waals surface area contributed by atoms with E-state index in [2.05, 4.69) is 15.6 Å². The minimum absolute atomic E-state index is 0.170. The lowest BCUT2D eigenvalue weighted by Crippen LogP contribution is -2.35. The molecule has 0 aliphatic rings. The molecular weight excluding hydrogens is 330 g/mol. The molecule has 1 amide bonds. The molecule has 2 aromatic carbocycles. The summed E-state index contributed by atoms with van der Waals surface area (Å²) >= 11 is 6.33. The number of benzene rings is 2. The number of carbonyl (C=O) groups excluding carboxylic acids is 1. The third kappa shape index (κ3) is 4.30. The Bertz CT molecular complexity index is 800. The quantitative estimate of drug-likeness (QED) is 0.559. The van der Waals surface area contributed by atoms with Crippen LogP contribution in [0.1, 0.15) is 0 Å². The molecule has 0 aliphatic heterocycles. The molecule has 0 aliphatic carbocycles. The van der Waals surface area contributed by atoms with Crippen LogP contribution in [0.5, 0.6) is 0 Å². The van der Waals surface area contributed by atoms with Gasteiger partial charge in [0.25, 0.3) is 5.22 Å². The molecule has 1 heterocycles. The van der Waals surface area contributed by atoms with E-state index in [4.69, 9.17) is 16.6 Å². The molecule has 0 saturated heterocycles. The van der Waals surface area contributed by atoms with Gasteiger partial charge in [0.1, 0.15) is 5.52 Å². The van der Waals surface area contributed by atoms with Gasteiger partial charge in [-0.3, -0.25) is 4.79 Å². The summed E-state index contributed by atoms with van der Waals surface area (Å²) in [7, 11) is 0. The van der Waals surface area contributed by atoms with Crippen molar-refractivity contribution in [3.05, 3.63) is 54.6 Å². The van der Waals surface area contributed by atoms with Crippen molar-refractivity contribution in [2.45, 2.75) is 5.22 Å². The highest BCUT2D eigenvalue weighted by Gasteiger charge is 2.10. The number of nitrogens with one attached hydrogen (secondary N) is 2. The zero-order valence-electron chi connectivity index (χ0n) is 12.0. The van der Waals surface area contributed by atoms with Crippen LogP contribution in [0.25, 0.3) is 11.1 Å². The molecule has 0 radical (unpaired) electrons. The molecule has 0 spiro atoms. The van der Waals surface area contributed by atoms with Crippen LogP contribution < -0.4 is 10.6 Å². The van der Waals surface area contributed by atoms with E-state index in [1.807, 2.05) is 54.6 Å². The monoisotopic (exact) mass is 343 g/mol. The van der Waals surface area contributed by atoms with Crippen LogP contribution in [0.3, 0.4) is 0 Å².